The molecule has 172 valence electrons. The molecular formula is C21H30F3N5O2. The van der Waals surface area contributed by atoms with E-state index in [1.165, 1.54) is 17.0 Å². The summed E-state index contributed by atoms with van der Waals surface area (Å²) >= 11 is 0. The number of piperazine rings is 1. The number of guanidine groups is 1. The summed E-state index contributed by atoms with van der Waals surface area (Å²) in [5.41, 5.74) is 0.120. The average molecular weight is 441 g/mol. The summed E-state index contributed by atoms with van der Waals surface area (Å²) in [6.45, 7) is 4.04. The predicted molar refractivity (Wildman–Crippen MR) is 113 cm³/mol. The van der Waals surface area contributed by atoms with Crippen molar-refractivity contribution in [2.24, 2.45) is 4.99 Å². The zero-order chi connectivity index (χ0) is 22.4. The van der Waals surface area contributed by atoms with Crippen molar-refractivity contribution >= 4 is 17.6 Å². The topological polar surface area (TPSA) is 60.4 Å². The molecule has 1 unspecified atom stereocenters. The maximum absolute atomic E-state index is 12.8. The summed E-state index contributed by atoms with van der Waals surface area (Å²) in [6, 6.07) is 5.26. The number of alkyl halides is 3. The molecule has 1 atom stereocenters. The van der Waals surface area contributed by atoms with Crippen LogP contribution in [0.2, 0.25) is 0 Å². The van der Waals surface area contributed by atoms with Crippen LogP contribution in [0.4, 0.5) is 18.9 Å². The van der Waals surface area contributed by atoms with Gasteiger partial charge >= 0.3 is 6.18 Å². The highest BCUT2D eigenvalue weighted by atomic mass is 19.4. The van der Waals surface area contributed by atoms with E-state index < -0.39 is 11.7 Å². The standard InChI is InChI=1S/C21H30F3N5O2/c1-27(2)19(30)15-26-20(25-14-18-4-3-13-31-18)29-11-9-28(10-12-29)17-7-5-16(6-8-17)21(22,23)24/h5-8,18H,3-4,9-15H2,1-2H3,(H,25,26). The number of ether oxygens (including phenoxy) is 1. The molecule has 2 aliphatic rings. The molecule has 0 bridgehead atoms. The molecule has 1 amide bonds. The van der Waals surface area contributed by atoms with Gasteiger partial charge in [0, 0.05) is 59.1 Å². The highest BCUT2D eigenvalue weighted by Crippen LogP contribution is 2.30. The Balaban J connectivity index is 1.60. The Kier molecular flexibility index (Phi) is 7.64. The highest BCUT2D eigenvalue weighted by Gasteiger charge is 2.30. The lowest BCUT2D eigenvalue weighted by molar-refractivity contribution is -0.137. The van der Waals surface area contributed by atoms with Gasteiger partial charge in [0.2, 0.25) is 5.91 Å². The SMILES string of the molecule is CN(C)C(=O)CN=C(NCC1CCCO1)N1CCN(c2ccc(C(F)(F)F)cc2)CC1. The van der Waals surface area contributed by atoms with E-state index in [-0.39, 0.29) is 18.6 Å². The van der Waals surface area contributed by atoms with Gasteiger partial charge in [-0.05, 0) is 37.1 Å². The van der Waals surface area contributed by atoms with E-state index in [1.807, 2.05) is 0 Å². The number of halogens is 3. The van der Waals surface area contributed by atoms with E-state index in [1.54, 1.807) is 14.1 Å². The van der Waals surface area contributed by atoms with Crippen molar-refractivity contribution in [3.05, 3.63) is 29.8 Å². The third-order valence-electron chi connectivity index (χ3n) is 5.51. The Labute approximate surface area is 180 Å². The average Bonchev–Trinajstić information content (AvgIpc) is 3.27. The summed E-state index contributed by atoms with van der Waals surface area (Å²) < 4.78 is 44.0. The van der Waals surface area contributed by atoms with Gasteiger partial charge in [0.15, 0.2) is 5.96 Å². The van der Waals surface area contributed by atoms with Crippen LogP contribution in [0.25, 0.3) is 0 Å². The summed E-state index contributed by atoms with van der Waals surface area (Å²) in [7, 11) is 3.39. The number of hydrogen-bond donors (Lipinski definition) is 1. The predicted octanol–water partition coefficient (Wildman–Crippen LogP) is 2.04. The Morgan fingerprint density at radius 2 is 1.87 bits per heavy atom. The van der Waals surface area contributed by atoms with Crippen LogP contribution >= 0.6 is 0 Å². The van der Waals surface area contributed by atoms with Crippen LogP contribution < -0.4 is 10.2 Å². The molecular weight excluding hydrogens is 411 g/mol. The molecule has 10 heteroatoms. The fourth-order valence-electron chi connectivity index (χ4n) is 3.60. The molecule has 0 aliphatic carbocycles. The molecule has 7 nitrogen and oxygen atoms in total. The minimum Gasteiger partial charge on any atom is -0.376 e. The maximum Gasteiger partial charge on any atom is 0.416 e. The van der Waals surface area contributed by atoms with Crippen molar-refractivity contribution in [3.8, 4) is 0 Å². The first-order chi connectivity index (χ1) is 14.7. The molecule has 1 N–H and O–H groups in total. The van der Waals surface area contributed by atoms with Crippen LogP contribution in [0.3, 0.4) is 0 Å². The maximum atomic E-state index is 12.8. The monoisotopic (exact) mass is 441 g/mol. The smallest absolute Gasteiger partial charge is 0.376 e. The number of rotatable bonds is 5. The Morgan fingerprint density at radius 3 is 2.42 bits per heavy atom. The molecule has 0 saturated carbocycles. The second-order valence-electron chi connectivity index (χ2n) is 7.96. The normalized spacial score (nSPS) is 20.2. The van der Waals surface area contributed by atoms with Gasteiger partial charge in [0.1, 0.15) is 6.54 Å². The van der Waals surface area contributed by atoms with Crippen LogP contribution in [0.15, 0.2) is 29.3 Å². The van der Waals surface area contributed by atoms with Gasteiger partial charge in [-0.1, -0.05) is 0 Å². The first-order valence-corrected chi connectivity index (χ1v) is 10.5. The number of amides is 1. The number of carbonyl (C=O) groups is 1. The Bertz CT molecular complexity index is 753. The Morgan fingerprint density at radius 1 is 1.19 bits per heavy atom. The molecule has 31 heavy (non-hydrogen) atoms. The van der Waals surface area contributed by atoms with Gasteiger partial charge in [-0.15, -0.1) is 0 Å². The van der Waals surface area contributed by atoms with E-state index in [0.717, 1.165) is 37.3 Å². The lowest BCUT2D eigenvalue weighted by atomic mass is 10.1. The molecule has 2 fully saturated rings. The Hall–Kier alpha value is -2.49. The van der Waals surface area contributed by atoms with Crippen LogP contribution in [-0.4, -0.2) is 87.7 Å². The molecule has 0 radical (unpaired) electrons. The summed E-state index contributed by atoms with van der Waals surface area (Å²) in [6.07, 6.45) is -2.15. The number of aliphatic imine (C=N–C) groups is 1. The van der Waals surface area contributed by atoms with Crippen molar-refractivity contribution in [2.75, 3.05) is 64.9 Å². The molecule has 2 heterocycles. The first kappa shape index (κ1) is 23.2. The third-order valence-corrected chi connectivity index (χ3v) is 5.51. The molecule has 1 aromatic carbocycles. The van der Waals surface area contributed by atoms with Crippen molar-refractivity contribution in [1.82, 2.24) is 15.1 Å². The molecule has 3 rings (SSSR count). The minimum atomic E-state index is -4.33. The molecule has 0 aromatic heterocycles. The molecule has 2 saturated heterocycles. The number of carbonyl (C=O) groups excluding carboxylic acids is 1. The van der Waals surface area contributed by atoms with Gasteiger partial charge in [0.25, 0.3) is 0 Å². The zero-order valence-corrected chi connectivity index (χ0v) is 18.0. The van der Waals surface area contributed by atoms with Crippen molar-refractivity contribution < 1.29 is 22.7 Å². The van der Waals surface area contributed by atoms with Gasteiger partial charge < -0.3 is 24.8 Å². The third kappa shape index (κ3) is 6.49. The van der Waals surface area contributed by atoms with E-state index >= 15 is 0 Å². The van der Waals surface area contributed by atoms with Gasteiger partial charge in [0.05, 0.1) is 11.7 Å². The molecule has 0 spiro atoms. The minimum absolute atomic E-state index is 0.0555. The first-order valence-electron chi connectivity index (χ1n) is 10.5. The lowest BCUT2D eigenvalue weighted by Crippen LogP contribution is -2.53. The summed E-state index contributed by atoms with van der Waals surface area (Å²) in [5.74, 6) is 0.581. The lowest BCUT2D eigenvalue weighted by Gasteiger charge is -2.38. The van der Waals surface area contributed by atoms with Crippen molar-refractivity contribution in [2.45, 2.75) is 25.1 Å². The second-order valence-corrected chi connectivity index (χ2v) is 7.96. The molecule has 1 aromatic rings. The number of hydrogen-bond acceptors (Lipinski definition) is 4. The second kappa shape index (κ2) is 10.2. The summed E-state index contributed by atoms with van der Waals surface area (Å²) in [5, 5.41) is 3.34. The van der Waals surface area contributed by atoms with E-state index in [9.17, 15) is 18.0 Å². The number of benzene rings is 1. The fraction of sp³-hybridized carbons (Fsp3) is 0.619. The van der Waals surface area contributed by atoms with Crippen molar-refractivity contribution in [1.29, 1.82) is 0 Å². The summed E-state index contributed by atoms with van der Waals surface area (Å²) in [4.78, 5) is 22.1. The highest BCUT2D eigenvalue weighted by molar-refractivity contribution is 5.85. The number of nitrogens with zero attached hydrogens (tertiary/aromatic N) is 4. The van der Waals surface area contributed by atoms with Crippen molar-refractivity contribution in [3.63, 3.8) is 0 Å². The number of nitrogens with one attached hydrogen (secondary N) is 1. The fourth-order valence-corrected chi connectivity index (χ4v) is 3.60. The van der Waals surface area contributed by atoms with Crippen LogP contribution in [0.5, 0.6) is 0 Å². The molecule has 2 aliphatic heterocycles. The quantitative estimate of drug-likeness (QED) is 0.560. The largest absolute Gasteiger partial charge is 0.416 e. The van der Waals surface area contributed by atoms with E-state index in [4.69, 9.17) is 4.74 Å². The van der Waals surface area contributed by atoms with E-state index in [0.29, 0.717) is 38.7 Å². The number of anilines is 1. The zero-order valence-electron chi connectivity index (χ0n) is 18.0. The van der Waals surface area contributed by atoms with Crippen LogP contribution in [0, 0.1) is 0 Å². The van der Waals surface area contributed by atoms with Gasteiger partial charge in [-0.3, -0.25) is 4.79 Å². The van der Waals surface area contributed by atoms with E-state index in [2.05, 4.69) is 20.1 Å². The number of likely N-dealkylation sites (N-methyl/N-ethyl adjacent to an activating group) is 1. The van der Waals surface area contributed by atoms with Gasteiger partial charge in [-0.25, -0.2) is 4.99 Å². The van der Waals surface area contributed by atoms with Crippen LogP contribution in [-0.2, 0) is 15.7 Å². The van der Waals surface area contributed by atoms with Gasteiger partial charge in [-0.2, -0.15) is 13.2 Å². The van der Waals surface area contributed by atoms with Crippen LogP contribution in [0.1, 0.15) is 18.4 Å².